The van der Waals surface area contributed by atoms with E-state index in [9.17, 15) is 14.7 Å². The molecule has 1 aromatic carbocycles. The number of H-pyrrole nitrogens is 1. The number of nitrogens with zero attached hydrogens (tertiary/aromatic N) is 4. The summed E-state index contributed by atoms with van der Waals surface area (Å²) >= 11 is 0. The van der Waals surface area contributed by atoms with Crippen LogP contribution in [-0.4, -0.2) is 31.1 Å². The van der Waals surface area contributed by atoms with E-state index < -0.39 is 11.5 Å². The summed E-state index contributed by atoms with van der Waals surface area (Å²) in [5, 5.41) is 34.1. The zero-order valence-electron chi connectivity index (χ0n) is 17.4. The third-order valence-electron chi connectivity index (χ3n) is 4.70. The number of nitrogens with one attached hydrogen (secondary N) is 1. The van der Waals surface area contributed by atoms with Crippen LogP contribution >= 0.6 is 0 Å². The molecule has 0 bridgehead atoms. The first-order chi connectivity index (χ1) is 14.8. The van der Waals surface area contributed by atoms with E-state index in [0.717, 1.165) is 11.3 Å². The van der Waals surface area contributed by atoms with E-state index in [-0.39, 0.29) is 30.1 Å². The normalized spacial score (nSPS) is 11.7. The number of rotatable bonds is 8. The second-order valence-corrected chi connectivity index (χ2v) is 7.03. The molecule has 0 aliphatic rings. The summed E-state index contributed by atoms with van der Waals surface area (Å²) in [5.41, 5.74) is 2.50. The van der Waals surface area contributed by atoms with Crippen molar-refractivity contribution in [1.29, 1.82) is 0 Å². The Kier molecular flexibility index (Phi) is 6.49. The van der Waals surface area contributed by atoms with E-state index in [1.807, 2.05) is 6.92 Å². The molecule has 31 heavy (non-hydrogen) atoms. The van der Waals surface area contributed by atoms with Crippen molar-refractivity contribution in [2.45, 2.75) is 40.2 Å². The third kappa shape index (κ3) is 4.97. The number of hydrogen-bond acceptors (Lipinski definition) is 7. The van der Waals surface area contributed by atoms with E-state index in [0.29, 0.717) is 23.4 Å². The Morgan fingerprint density at radius 2 is 2.03 bits per heavy atom. The van der Waals surface area contributed by atoms with Crippen LogP contribution in [0.3, 0.4) is 0 Å². The van der Waals surface area contributed by atoms with Crippen molar-refractivity contribution in [1.82, 2.24) is 14.9 Å². The number of phenols is 1. The minimum Gasteiger partial charge on any atom is -0.505 e. The maximum Gasteiger partial charge on any atom is 0.303 e. The fourth-order valence-electron chi connectivity index (χ4n) is 3.03. The predicted octanol–water partition coefficient (Wildman–Crippen LogP) is 4.25. The lowest BCUT2D eigenvalue weighted by molar-refractivity contribution is -0.137. The van der Waals surface area contributed by atoms with E-state index in [1.165, 1.54) is 4.68 Å². The number of carbonyl (C=O) groups is 1. The van der Waals surface area contributed by atoms with Crippen molar-refractivity contribution in [3.05, 3.63) is 56.8 Å². The van der Waals surface area contributed by atoms with Gasteiger partial charge in [-0.15, -0.1) is 10.2 Å². The van der Waals surface area contributed by atoms with Gasteiger partial charge in [-0.3, -0.25) is 19.4 Å². The molecule has 10 heteroatoms. The molecule has 0 unspecified atom stereocenters. The van der Waals surface area contributed by atoms with E-state index >= 15 is 0 Å². The number of aromatic hydroxyl groups is 1. The summed E-state index contributed by atoms with van der Waals surface area (Å²) in [4.78, 5) is 23.1. The average molecular weight is 425 g/mol. The smallest absolute Gasteiger partial charge is 0.303 e. The fourth-order valence-corrected chi connectivity index (χ4v) is 3.03. The van der Waals surface area contributed by atoms with Crippen LogP contribution in [0.1, 0.15) is 41.1 Å². The van der Waals surface area contributed by atoms with E-state index in [4.69, 9.17) is 9.63 Å². The monoisotopic (exact) mass is 425 g/mol. The number of para-hydroxylation sites is 1. The molecule has 3 rings (SSSR count). The molecule has 3 aromatic rings. The highest BCUT2D eigenvalue weighted by molar-refractivity contribution is 5.76. The Morgan fingerprint density at radius 3 is 2.71 bits per heavy atom. The third-order valence-corrected chi connectivity index (χ3v) is 4.70. The van der Waals surface area contributed by atoms with Gasteiger partial charge in [-0.1, -0.05) is 23.4 Å². The molecule has 0 fully saturated rings. The molecule has 2 heterocycles. The number of aromatic amines is 1. The van der Waals surface area contributed by atoms with Crippen molar-refractivity contribution < 1.29 is 19.5 Å². The molecule has 2 aromatic heterocycles. The SMILES string of the molecule is Cc1noc(C)c1/C=C/c1cccc(N=Nc2c(C)[nH]n(CCCC(=O)O)c2=O)c1O. The maximum atomic E-state index is 12.5. The summed E-state index contributed by atoms with van der Waals surface area (Å²) in [7, 11) is 0. The molecule has 0 atom stereocenters. The van der Waals surface area contributed by atoms with Crippen LogP contribution in [0.2, 0.25) is 0 Å². The first-order valence-corrected chi connectivity index (χ1v) is 9.63. The van der Waals surface area contributed by atoms with Crippen LogP contribution in [0.4, 0.5) is 11.4 Å². The Hall–Kier alpha value is -3.95. The van der Waals surface area contributed by atoms with Crippen LogP contribution in [0.15, 0.2) is 37.7 Å². The number of aromatic nitrogens is 3. The predicted molar refractivity (Wildman–Crippen MR) is 114 cm³/mol. The average Bonchev–Trinajstić information content (AvgIpc) is 3.18. The Morgan fingerprint density at radius 1 is 1.26 bits per heavy atom. The molecule has 0 spiro atoms. The van der Waals surface area contributed by atoms with Crippen LogP contribution in [0.25, 0.3) is 12.2 Å². The quantitative estimate of drug-likeness (QED) is 0.460. The van der Waals surface area contributed by atoms with Gasteiger partial charge in [0.25, 0.3) is 5.56 Å². The molecule has 0 saturated carbocycles. The summed E-state index contributed by atoms with van der Waals surface area (Å²) in [6, 6.07) is 5.02. The van der Waals surface area contributed by atoms with Crippen LogP contribution in [0.5, 0.6) is 5.75 Å². The van der Waals surface area contributed by atoms with Crippen LogP contribution in [-0.2, 0) is 11.3 Å². The maximum absolute atomic E-state index is 12.5. The Balaban J connectivity index is 1.82. The van der Waals surface area contributed by atoms with Gasteiger partial charge in [0.1, 0.15) is 17.2 Å². The summed E-state index contributed by atoms with van der Waals surface area (Å²) in [6.45, 7) is 5.53. The Labute approximate surface area is 177 Å². The molecule has 0 saturated heterocycles. The summed E-state index contributed by atoms with van der Waals surface area (Å²) in [5.74, 6) is -0.328. The molecule has 0 amide bonds. The van der Waals surface area contributed by atoms with Gasteiger partial charge in [-0.05, 0) is 39.3 Å². The zero-order chi connectivity index (χ0) is 22.5. The largest absolute Gasteiger partial charge is 0.505 e. The second-order valence-electron chi connectivity index (χ2n) is 7.03. The number of carboxylic acids is 1. The highest BCUT2D eigenvalue weighted by Crippen LogP contribution is 2.33. The number of benzene rings is 1. The van der Waals surface area contributed by atoms with Gasteiger partial charge in [0.2, 0.25) is 0 Å². The molecule has 162 valence electrons. The lowest BCUT2D eigenvalue weighted by Gasteiger charge is -2.02. The number of phenolic OH excluding ortho intramolecular Hbond substituents is 1. The van der Waals surface area contributed by atoms with Gasteiger partial charge >= 0.3 is 5.97 Å². The molecule has 3 N–H and O–H groups in total. The lowest BCUT2D eigenvalue weighted by atomic mass is 10.1. The number of azo groups is 1. The molecule has 0 radical (unpaired) electrons. The molecule has 10 nitrogen and oxygen atoms in total. The molecular formula is C21H23N5O5. The van der Waals surface area contributed by atoms with Crippen molar-refractivity contribution in [3.8, 4) is 5.75 Å². The van der Waals surface area contributed by atoms with Crippen molar-refractivity contribution >= 4 is 29.5 Å². The van der Waals surface area contributed by atoms with Gasteiger partial charge in [0.15, 0.2) is 5.69 Å². The van der Waals surface area contributed by atoms with Gasteiger partial charge in [-0.25, -0.2) is 0 Å². The van der Waals surface area contributed by atoms with Gasteiger partial charge < -0.3 is 14.7 Å². The zero-order valence-corrected chi connectivity index (χ0v) is 17.4. The highest BCUT2D eigenvalue weighted by Gasteiger charge is 2.12. The van der Waals surface area contributed by atoms with Crippen LogP contribution < -0.4 is 5.56 Å². The van der Waals surface area contributed by atoms with E-state index in [1.54, 1.807) is 44.2 Å². The Bertz CT molecular complexity index is 1200. The topological polar surface area (TPSA) is 146 Å². The van der Waals surface area contributed by atoms with Gasteiger partial charge in [-0.2, -0.15) is 0 Å². The number of hydrogen-bond donors (Lipinski definition) is 3. The standard InChI is InChI=1S/C21H23N5O5/c1-12-16(14(3)31-25-12)10-9-15-6-4-7-17(20(15)29)22-23-19-13(2)24-26(21(19)30)11-5-8-18(27)28/h4,6-7,9-10,24,29H,5,8,11H2,1-3H3,(H,27,28)/b10-9+,23-22?. The van der Waals surface area contributed by atoms with Crippen molar-refractivity contribution in [2.75, 3.05) is 0 Å². The lowest BCUT2D eigenvalue weighted by Crippen LogP contribution is -2.17. The van der Waals surface area contributed by atoms with Crippen LogP contribution in [0, 0.1) is 20.8 Å². The second kappa shape index (κ2) is 9.24. The summed E-state index contributed by atoms with van der Waals surface area (Å²) in [6.07, 6.45) is 3.79. The van der Waals surface area contributed by atoms with Gasteiger partial charge in [0.05, 0.1) is 11.4 Å². The van der Waals surface area contributed by atoms with Crippen molar-refractivity contribution in [2.24, 2.45) is 10.2 Å². The highest BCUT2D eigenvalue weighted by atomic mass is 16.5. The molecular weight excluding hydrogens is 402 g/mol. The first kappa shape index (κ1) is 21.8. The molecule has 0 aliphatic carbocycles. The fraction of sp³-hybridized carbons (Fsp3) is 0.286. The number of carboxylic acid groups (broad SMARTS) is 1. The number of aryl methyl sites for hydroxylation is 4. The minimum absolute atomic E-state index is 0.0382. The first-order valence-electron chi connectivity index (χ1n) is 9.63. The van der Waals surface area contributed by atoms with Crippen molar-refractivity contribution in [3.63, 3.8) is 0 Å². The molecule has 0 aliphatic heterocycles. The van der Waals surface area contributed by atoms with E-state index in [2.05, 4.69) is 20.5 Å². The minimum atomic E-state index is -0.921. The number of aliphatic carboxylic acids is 1. The van der Waals surface area contributed by atoms with Gasteiger partial charge in [0, 0.05) is 24.1 Å². The summed E-state index contributed by atoms with van der Waals surface area (Å²) < 4.78 is 6.43.